The Morgan fingerprint density at radius 1 is 1.20 bits per heavy atom. The molecule has 0 saturated heterocycles. The van der Waals surface area contributed by atoms with E-state index in [1.54, 1.807) is 18.2 Å². The van der Waals surface area contributed by atoms with Gasteiger partial charge in [0.25, 0.3) is 5.91 Å². The van der Waals surface area contributed by atoms with Gasteiger partial charge in [-0.1, -0.05) is 45.8 Å². The third-order valence-corrected chi connectivity index (χ3v) is 3.55. The molecule has 0 aromatic heterocycles. The molecule has 0 aliphatic heterocycles. The molecule has 2 N–H and O–H groups in total. The maximum Gasteiger partial charge on any atom is 0.251 e. The summed E-state index contributed by atoms with van der Waals surface area (Å²) in [7, 11) is 0. The first-order valence-corrected chi connectivity index (χ1v) is 7.12. The quantitative estimate of drug-likeness (QED) is 0.902. The van der Waals surface area contributed by atoms with Crippen LogP contribution in [0.15, 0.2) is 46.9 Å². The number of carbonyl (C=O) groups is 1. The van der Waals surface area contributed by atoms with Crippen molar-refractivity contribution in [1.82, 2.24) is 5.32 Å². The van der Waals surface area contributed by atoms with Gasteiger partial charge in [0.15, 0.2) is 0 Å². The number of carbonyl (C=O) groups excluding carboxylic acids is 1. The molecule has 2 aromatic carbocycles. The van der Waals surface area contributed by atoms with E-state index in [1.807, 2.05) is 31.2 Å². The lowest BCUT2D eigenvalue weighted by Gasteiger charge is -2.09. The molecule has 0 aliphatic rings. The Morgan fingerprint density at radius 2 is 1.90 bits per heavy atom. The van der Waals surface area contributed by atoms with Gasteiger partial charge >= 0.3 is 0 Å². The summed E-state index contributed by atoms with van der Waals surface area (Å²) in [4.78, 5) is 12.1. The van der Waals surface area contributed by atoms with Crippen molar-refractivity contribution in [3.63, 3.8) is 0 Å². The summed E-state index contributed by atoms with van der Waals surface area (Å²) >= 11 is 3.33. The van der Waals surface area contributed by atoms with Crippen LogP contribution in [0.3, 0.4) is 0 Å². The number of hydrogen-bond donors (Lipinski definition) is 2. The number of halogens is 1. The van der Waals surface area contributed by atoms with E-state index in [4.69, 9.17) is 0 Å². The molecule has 0 saturated carbocycles. The van der Waals surface area contributed by atoms with Crippen LogP contribution in [-0.2, 0) is 13.2 Å². The highest BCUT2D eigenvalue weighted by molar-refractivity contribution is 9.10. The first kappa shape index (κ1) is 14.8. The van der Waals surface area contributed by atoms with Gasteiger partial charge in [-0.15, -0.1) is 0 Å². The molecular formula is C16H16BrNO2. The Labute approximate surface area is 126 Å². The van der Waals surface area contributed by atoms with Gasteiger partial charge in [0.1, 0.15) is 0 Å². The molecule has 4 heteroatoms. The van der Waals surface area contributed by atoms with Crippen LogP contribution in [0.1, 0.15) is 27.0 Å². The molecule has 2 rings (SSSR count). The van der Waals surface area contributed by atoms with Crippen LogP contribution in [0.25, 0.3) is 0 Å². The average molecular weight is 334 g/mol. The molecule has 0 bridgehead atoms. The molecule has 20 heavy (non-hydrogen) atoms. The SMILES string of the molecule is Cc1ccc(CNC(=O)c2ccc(Br)cc2CO)cc1. The zero-order chi connectivity index (χ0) is 14.5. The molecule has 0 atom stereocenters. The second-order valence-electron chi connectivity index (χ2n) is 4.63. The fraction of sp³-hybridized carbons (Fsp3) is 0.188. The molecule has 0 heterocycles. The van der Waals surface area contributed by atoms with Crippen LogP contribution >= 0.6 is 15.9 Å². The van der Waals surface area contributed by atoms with Crippen molar-refractivity contribution in [1.29, 1.82) is 0 Å². The second kappa shape index (κ2) is 6.68. The van der Waals surface area contributed by atoms with Crippen molar-refractivity contribution in [2.45, 2.75) is 20.1 Å². The summed E-state index contributed by atoms with van der Waals surface area (Å²) in [6, 6.07) is 13.3. The van der Waals surface area contributed by atoms with Crippen molar-refractivity contribution in [2.75, 3.05) is 0 Å². The lowest BCUT2D eigenvalue weighted by atomic mass is 10.1. The predicted octanol–water partition coefficient (Wildman–Crippen LogP) is 3.18. The molecule has 104 valence electrons. The topological polar surface area (TPSA) is 49.3 Å². The van der Waals surface area contributed by atoms with E-state index in [-0.39, 0.29) is 12.5 Å². The van der Waals surface area contributed by atoms with Gasteiger partial charge in [-0.3, -0.25) is 4.79 Å². The number of aliphatic hydroxyl groups excluding tert-OH is 1. The molecule has 0 fully saturated rings. The lowest BCUT2D eigenvalue weighted by molar-refractivity contribution is 0.0948. The molecule has 0 spiro atoms. The van der Waals surface area contributed by atoms with E-state index < -0.39 is 0 Å². The smallest absolute Gasteiger partial charge is 0.251 e. The Hall–Kier alpha value is -1.65. The standard InChI is InChI=1S/C16H16BrNO2/c1-11-2-4-12(5-3-11)9-18-16(20)15-7-6-14(17)8-13(15)10-19/h2-8,19H,9-10H2,1H3,(H,18,20). The molecule has 0 aliphatic carbocycles. The fourth-order valence-corrected chi connectivity index (χ4v) is 2.31. The number of hydrogen-bond acceptors (Lipinski definition) is 2. The van der Waals surface area contributed by atoms with E-state index in [1.165, 1.54) is 5.56 Å². The minimum atomic E-state index is -0.179. The van der Waals surface area contributed by atoms with Gasteiger partial charge in [-0.2, -0.15) is 0 Å². The number of aliphatic hydroxyl groups is 1. The van der Waals surface area contributed by atoms with Crippen molar-refractivity contribution in [2.24, 2.45) is 0 Å². The van der Waals surface area contributed by atoms with E-state index in [0.29, 0.717) is 17.7 Å². The minimum Gasteiger partial charge on any atom is -0.392 e. The third-order valence-electron chi connectivity index (χ3n) is 3.06. The second-order valence-corrected chi connectivity index (χ2v) is 5.54. The van der Waals surface area contributed by atoms with E-state index in [9.17, 15) is 9.90 Å². The van der Waals surface area contributed by atoms with E-state index >= 15 is 0 Å². The van der Waals surface area contributed by atoms with Crippen LogP contribution in [0.4, 0.5) is 0 Å². The van der Waals surface area contributed by atoms with Crippen LogP contribution in [-0.4, -0.2) is 11.0 Å². The summed E-state index contributed by atoms with van der Waals surface area (Å²) in [5, 5.41) is 12.2. The van der Waals surface area contributed by atoms with Gasteiger partial charge in [-0.05, 0) is 36.2 Å². The van der Waals surface area contributed by atoms with E-state index in [0.717, 1.165) is 10.0 Å². The van der Waals surface area contributed by atoms with E-state index in [2.05, 4.69) is 21.2 Å². The molecule has 1 amide bonds. The Morgan fingerprint density at radius 3 is 2.55 bits per heavy atom. The zero-order valence-electron chi connectivity index (χ0n) is 11.2. The molecule has 2 aromatic rings. The van der Waals surface area contributed by atoms with Gasteiger partial charge in [-0.25, -0.2) is 0 Å². The highest BCUT2D eigenvalue weighted by Crippen LogP contribution is 2.17. The Balaban J connectivity index is 2.07. The number of aryl methyl sites for hydroxylation is 1. The fourth-order valence-electron chi connectivity index (χ4n) is 1.90. The van der Waals surface area contributed by atoms with Crippen molar-refractivity contribution < 1.29 is 9.90 Å². The highest BCUT2D eigenvalue weighted by Gasteiger charge is 2.10. The highest BCUT2D eigenvalue weighted by atomic mass is 79.9. The summed E-state index contributed by atoms with van der Waals surface area (Å²) in [5.41, 5.74) is 3.35. The largest absolute Gasteiger partial charge is 0.392 e. The van der Waals surface area contributed by atoms with Crippen LogP contribution < -0.4 is 5.32 Å². The Kier molecular flexibility index (Phi) is 4.93. The average Bonchev–Trinajstić information content (AvgIpc) is 2.46. The summed E-state index contributed by atoms with van der Waals surface area (Å²) < 4.78 is 0.844. The number of rotatable bonds is 4. The van der Waals surface area contributed by atoms with Gasteiger partial charge in [0, 0.05) is 16.6 Å². The predicted molar refractivity (Wildman–Crippen MR) is 82.4 cm³/mol. The molecule has 3 nitrogen and oxygen atoms in total. The number of benzene rings is 2. The normalized spacial score (nSPS) is 10.3. The van der Waals surface area contributed by atoms with Crippen LogP contribution in [0.2, 0.25) is 0 Å². The summed E-state index contributed by atoms with van der Waals surface area (Å²) in [6.45, 7) is 2.34. The first-order valence-electron chi connectivity index (χ1n) is 6.33. The van der Waals surface area contributed by atoms with Crippen molar-refractivity contribution >= 4 is 21.8 Å². The van der Waals surface area contributed by atoms with Crippen molar-refractivity contribution in [3.05, 3.63) is 69.2 Å². The van der Waals surface area contributed by atoms with Crippen LogP contribution in [0, 0.1) is 6.92 Å². The minimum absolute atomic E-state index is 0.160. The zero-order valence-corrected chi connectivity index (χ0v) is 12.8. The molecular weight excluding hydrogens is 318 g/mol. The van der Waals surface area contributed by atoms with Gasteiger partial charge < -0.3 is 10.4 Å². The van der Waals surface area contributed by atoms with Crippen molar-refractivity contribution in [3.8, 4) is 0 Å². The maximum atomic E-state index is 12.1. The lowest BCUT2D eigenvalue weighted by Crippen LogP contribution is -2.24. The third kappa shape index (κ3) is 3.68. The van der Waals surface area contributed by atoms with Crippen LogP contribution in [0.5, 0.6) is 0 Å². The first-order chi connectivity index (χ1) is 9.60. The Bertz CT molecular complexity index is 608. The monoisotopic (exact) mass is 333 g/mol. The van der Waals surface area contributed by atoms with Gasteiger partial charge in [0.05, 0.1) is 6.61 Å². The maximum absolute atomic E-state index is 12.1. The summed E-state index contributed by atoms with van der Waals surface area (Å²) in [5.74, 6) is -0.179. The number of amides is 1. The molecule has 0 radical (unpaired) electrons. The molecule has 0 unspecified atom stereocenters. The summed E-state index contributed by atoms with van der Waals surface area (Å²) in [6.07, 6.45) is 0. The number of nitrogens with one attached hydrogen (secondary N) is 1. The van der Waals surface area contributed by atoms with Gasteiger partial charge in [0.2, 0.25) is 0 Å².